The molecule has 1 rings (SSSR count). The minimum atomic E-state index is -4.40. The van der Waals surface area contributed by atoms with Crippen molar-refractivity contribution in [3.63, 3.8) is 0 Å². The first-order valence-corrected chi connectivity index (χ1v) is 3.84. The van der Waals surface area contributed by atoms with E-state index in [9.17, 15) is 18.0 Å². The fourth-order valence-corrected chi connectivity index (χ4v) is 1.25. The molecule has 0 bridgehead atoms. The summed E-state index contributed by atoms with van der Waals surface area (Å²) in [5.41, 5.74) is 0. The Bertz CT molecular complexity index is 204. The molecule has 1 aliphatic heterocycles. The van der Waals surface area contributed by atoms with E-state index < -0.39 is 24.7 Å². The van der Waals surface area contributed by atoms with E-state index in [1.807, 2.05) is 0 Å². The zero-order valence-electron chi connectivity index (χ0n) is 7.10. The Morgan fingerprint density at radius 2 is 2.15 bits per heavy atom. The molecule has 13 heavy (non-hydrogen) atoms. The quantitative estimate of drug-likeness (QED) is 0.574. The van der Waals surface area contributed by atoms with Crippen molar-refractivity contribution in [2.24, 2.45) is 0 Å². The molecule has 3 nitrogen and oxygen atoms in total. The smallest absolute Gasteiger partial charge is 0.377 e. The lowest BCUT2D eigenvalue weighted by molar-refractivity contribution is -0.212. The number of morpholine rings is 1. The third-order valence-corrected chi connectivity index (χ3v) is 1.91. The summed E-state index contributed by atoms with van der Waals surface area (Å²) >= 11 is 0. The van der Waals surface area contributed by atoms with Crippen molar-refractivity contribution in [1.82, 2.24) is 4.90 Å². The van der Waals surface area contributed by atoms with Crippen LogP contribution in [0.3, 0.4) is 0 Å². The minimum absolute atomic E-state index is 0.0134. The zero-order chi connectivity index (χ0) is 10.1. The van der Waals surface area contributed by atoms with Crippen molar-refractivity contribution in [3.05, 3.63) is 0 Å². The summed E-state index contributed by atoms with van der Waals surface area (Å²) in [6, 6.07) is -1.78. The average molecular weight is 197 g/mol. The van der Waals surface area contributed by atoms with Gasteiger partial charge in [-0.2, -0.15) is 13.2 Å². The number of alkyl halides is 3. The number of nitrogens with zero attached hydrogens (tertiary/aromatic N) is 1. The molecule has 0 spiro atoms. The molecule has 0 N–H and O–H groups in total. The maximum atomic E-state index is 12.3. The van der Waals surface area contributed by atoms with Gasteiger partial charge in [0.15, 0.2) is 6.04 Å². The standard InChI is InChI=1S/C7H10F3NO2/c1-5(12)11-2-3-13-4-6(11)7(8,9)10/h6H,2-4H2,1H3. The van der Waals surface area contributed by atoms with Gasteiger partial charge in [-0.3, -0.25) is 4.79 Å². The van der Waals surface area contributed by atoms with E-state index in [0.717, 1.165) is 11.8 Å². The van der Waals surface area contributed by atoms with Crippen LogP contribution in [0.4, 0.5) is 13.2 Å². The van der Waals surface area contributed by atoms with Crippen LogP contribution < -0.4 is 0 Å². The Hall–Kier alpha value is -0.780. The van der Waals surface area contributed by atoms with Crippen LogP contribution >= 0.6 is 0 Å². The molecule has 0 aromatic heterocycles. The van der Waals surface area contributed by atoms with Crippen LogP contribution in [0, 0.1) is 0 Å². The number of hydrogen-bond acceptors (Lipinski definition) is 2. The molecule has 0 saturated carbocycles. The molecule has 6 heteroatoms. The van der Waals surface area contributed by atoms with Crippen LogP contribution in [0.1, 0.15) is 6.92 Å². The highest BCUT2D eigenvalue weighted by Crippen LogP contribution is 2.26. The lowest BCUT2D eigenvalue weighted by Gasteiger charge is -2.35. The van der Waals surface area contributed by atoms with E-state index in [4.69, 9.17) is 0 Å². The molecule has 1 heterocycles. The fraction of sp³-hybridized carbons (Fsp3) is 0.857. The lowest BCUT2D eigenvalue weighted by atomic mass is 10.2. The first-order chi connectivity index (χ1) is 5.93. The summed E-state index contributed by atoms with van der Waals surface area (Å²) < 4.78 is 41.5. The van der Waals surface area contributed by atoms with Gasteiger partial charge >= 0.3 is 6.18 Å². The van der Waals surface area contributed by atoms with Crippen LogP contribution in [0.15, 0.2) is 0 Å². The average Bonchev–Trinajstić information content (AvgIpc) is 2.03. The van der Waals surface area contributed by atoms with Crippen LogP contribution in [-0.2, 0) is 9.53 Å². The maximum Gasteiger partial charge on any atom is 0.411 e. The summed E-state index contributed by atoms with van der Waals surface area (Å²) in [5.74, 6) is -0.564. The number of ether oxygens (including phenoxy) is 1. The summed E-state index contributed by atoms with van der Waals surface area (Å²) in [6.45, 7) is 0.860. The molecule has 0 radical (unpaired) electrons. The first kappa shape index (κ1) is 10.3. The highest BCUT2D eigenvalue weighted by molar-refractivity contribution is 5.73. The minimum Gasteiger partial charge on any atom is -0.377 e. The van der Waals surface area contributed by atoms with Crippen LogP contribution in [-0.4, -0.2) is 42.8 Å². The summed E-state index contributed by atoms with van der Waals surface area (Å²) in [4.78, 5) is 11.6. The van der Waals surface area contributed by atoms with Crippen molar-refractivity contribution >= 4 is 5.91 Å². The van der Waals surface area contributed by atoms with Gasteiger partial charge in [-0.05, 0) is 0 Å². The van der Waals surface area contributed by atoms with Crippen LogP contribution in [0.5, 0.6) is 0 Å². The predicted octanol–water partition coefficient (Wildman–Crippen LogP) is 0.796. The van der Waals surface area contributed by atoms with Crippen LogP contribution in [0.25, 0.3) is 0 Å². The Morgan fingerprint density at radius 1 is 1.54 bits per heavy atom. The van der Waals surface area contributed by atoms with Gasteiger partial charge in [-0.25, -0.2) is 0 Å². The molecule has 1 amide bonds. The molecule has 76 valence electrons. The highest BCUT2D eigenvalue weighted by atomic mass is 19.4. The highest BCUT2D eigenvalue weighted by Gasteiger charge is 2.46. The Labute approximate surface area is 73.5 Å². The Kier molecular flexibility index (Phi) is 2.80. The SMILES string of the molecule is CC(=O)N1CCOCC1C(F)(F)F. The molecule has 1 unspecified atom stereocenters. The predicted molar refractivity (Wildman–Crippen MR) is 38.0 cm³/mol. The molecule has 0 aromatic rings. The van der Waals surface area contributed by atoms with Crippen LogP contribution in [0.2, 0.25) is 0 Å². The maximum absolute atomic E-state index is 12.3. The molecule has 0 aliphatic carbocycles. The van der Waals surface area contributed by atoms with Crippen molar-refractivity contribution < 1.29 is 22.7 Å². The normalized spacial score (nSPS) is 24.6. The van der Waals surface area contributed by atoms with E-state index in [-0.39, 0.29) is 13.2 Å². The van der Waals surface area contributed by atoms with Gasteiger partial charge in [0.1, 0.15) is 0 Å². The molecule has 1 fully saturated rings. The Balaban J connectivity index is 2.73. The van der Waals surface area contributed by atoms with Gasteiger partial charge in [-0.15, -0.1) is 0 Å². The van der Waals surface area contributed by atoms with Gasteiger partial charge in [0.2, 0.25) is 5.91 Å². The third kappa shape index (κ3) is 2.33. The van der Waals surface area contributed by atoms with Gasteiger partial charge in [0, 0.05) is 13.5 Å². The molecule has 1 aliphatic rings. The van der Waals surface area contributed by atoms with E-state index >= 15 is 0 Å². The van der Waals surface area contributed by atoms with Gasteiger partial charge in [0.05, 0.1) is 13.2 Å². The molecule has 1 saturated heterocycles. The number of carbonyl (C=O) groups excluding carboxylic acids is 1. The van der Waals surface area contributed by atoms with Gasteiger partial charge < -0.3 is 9.64 Å². The van der Waals surface area contributed by atoms with Gasteiger partial charge in [0.25, 0.3) is 0 Å². The zero-order valence-corrected chi connectivity index (χ0v) is 7.10. The first-order valence-electron chi connectivity index (χ1n) is 3.84. The second-order valence-corrected chi connectivity index (χ2v) is 2.84. The van der Waals surface area contributed by atoms with E-state index in [2.05, 4.69) is 4.74 Å². The second kappa shape index (κ2) is 3.53. The molecule has 0 aromatic carbocycles. The Morgan fingerprint density at radius 3 is 2.54 bits per heavy atom. The molecular formula is C7H10F3NO2. The molecule has 1 atom stereocenters. The summed E-state index contributed by atoms with van der Waals surface area (Å²) in [7, 11) is 0. The number of amides is 1. The number of rotatable bonds is 0. The summed E-state index contributed by atoms with van der Waals surface area (Å²) in [5, 5.41) is 0. The molecular weight excluding hydrogens is 187 g/mol. The van der Waals surface area contributed by atoms with Crippen molar-refractivity contribution in [3.8, 4) is 0 Å². The lowest BCUT2D eigenvalue weighted by Crippen LogP contribution is -2.55. The number of hydrogen-bond donors (Lipinski definition) is 0. The van der Waals surface area contributed by atoms with Gasteiger partial charge in [-0.1, -0.05) is 0 Å². The van der Waals surface area contributed by atoms with E-state index in [0.29, 0.717) is 0 Å². The van der Waals surface area contributed by atoms with Crippen molar-refractivity contribution in [2.45, 2.75) is 19.1 Å². The van der Waals surface area contributed by atoms with Crippen molar-refractivity contribution in [2.75, 3.05) is 19.8 Å². The number of carbonyl (C=O) groups is 1. The fourth-order valence-electron chi connectivity index (χ4n) is 1.25. The van der Waals surface area contributed by atoms with E-state index in [1.54, 1.807) is 0 Å². The topological polar surface area (TPSA) is 29.5 Å². The summed E-state index contributed by atoms with van der Waals surface area (Å²) in [6.07, 6.45) is -4.40. The number of halogens is 3. The second-order valence-electron chi connectivity index (χ2n) is 2.84. The van der Waals surface area contributed by atoms with E-state index in [1.165, 1.54) is 0 Å². The van der Waals surface area contributed by atoms with Crippen molar-refractivity contribution in [1.29, 1.82) is 0 Å². The third-order valence-electron chi connectivity index (χ3n) is 1.91. The largest absolute Gasteiger partial charge is 0.411 e. The monoisotopic (exact) mass is 197 g/mol.